The quantitative estimate of drug-likeness (QED) is 0.611. The maximum Gasteiger partial charge on any atom is 0.142 e. The third-order valence-electron chi connectivity index (χ3n) is 3.09. The van der Waals surface area contributed by atoms with Crippen LogP contribution >= 0.6 is 11.6 Å². The highest BCUT2D eigenvalue weighted by Crippen LogP contribution is 2.28. The predicted molar refractivity (Wildman–Crippen MR) is 84.5 cm³/mol. The largest absolute Gasteiger partial charge is 0.492 e. The summed E-state index contributed by atoms with van der Waals surface area (Å²) in [4.78, 5) is 0. The van der Waals surface area contributed by atoms with E-state index in [0.717, 1.165) is 56.5 Å². The van der Waals surface area contributed by atoms with Crippen LogP contribution in [0.1, 0.15) is 44.6 Å². The maximum absolute atomic E-state index is 8.72. The van der Waals surface area contributed by atoms with Crippen molar-refractivity contribution in [2.75, 3.05) is 19.8 Å². The standard InChI is InChI=1S/C16H26ClNO2/c1-2-10-18-13-14-8-7-9-15(17)16(14)20-12-6-4-3-5-11-19/h7-9,18-19H,2-6,10-13H2,1H3. The van der Waals surface area contributed by atoms with Gasteiger partial charge in [0.1, 0.15) is 5.75 Å². The Hall–Kier alpha value is -0.770. The van der Waals surface area contributed by atoms with Crippen molar-refractivity contribution in [3.63, 3.8) is 0 Å². The van der Waals surface area contributed by atoms with Gasteiger partial charge in [-0.15, -0.1) is 0 Å². The van der Waals surface area contributed by atoms with Gasteiger partial charge in [-0.2, -0.15) is 0 Å². The Kier molecular flexibility index (Phi) is 9.46. The van der Waals surface area contributed by atoms with Crippen molar-refractivity contribution in [3.8, 4) is 5.75 Å². The molecule has 0 fully saturated rings. The minimum atomic E-state index is 0.276. The Balaban J connectivity index is 2.41. The topological polar surface area (TPSA) is 41.5 Å². The molecule has 0 radical (unpaired) electrons. The van der Waals surface area contributed by atoms with Crippen LogP contribution < -0.4 is 10.1 Å². The second-order valence-electron chi connectivity index (χ2n) is 4.89. The Morgan fingerprint density at radius 1 is 1.20 bits per heavy atom. The number of ether oxygens (including phenoxy) is 1. The fourth-order valence-electron chi connectivity index (χ4n) is 2.00. The van der Waals surface area contributed by atoms with Crippen LogP contribution in [0.5, 0.6) is 5.75 Å². The number of hydrogen-bond acceptors (Lipinski definition) is 3. The van der Waals surface area contributed by atoms with Crippen molar-refractivity contribution in [3.05, 3.63) is 28.8 Å². The zero-order valence-electron chi connectivity index (χ0n) is 12.3. The van der Waals surface area contributed by atoms with Gasteiger partial charge in [0.05, 0.1) is 11.6 Å². The smallest absolute Gasteiger partial charge is 0.142 e. The summed E-state index contributed by atoms with van der Waals surface area (Å²) in [6.45, 7) is 4.88. The average Bonchev–Trinajstić information content (AvgIpc) is 2.45. The zero-order chi connectivity index (χ0) is 14.6. The molecule has 0 heterocycles. The molecule has 2 N–H and O–H groups in total. The lowest BCUT2D eigenvalue weighted by molar-refractivity contribution is 0.272. The third kappa shape index (κ3) is 6.60. The molecule has 0 aromatic heterocycles. The first-order valence-electron chi connectivity index (χ1n) is 7.51. The molecule has 0 aliphatic rings. The van der Waals surface area contributed by atoms with Crippen LogP contribution in [0.15, 0.2) is 18.2 Å². The van der Waals surface area contributed by atoms with Crippen LogP contribution in [0.4, 0.5) is 0 Å². The second kappa shape index (κ2) is 11.0. The monoisotopic (exact) mass is 299 g/mol. The van der Waals surface area contributed by atoms with Crippen molar-refractivity contribution in [1.29, 1.82) is 0 Å². The first-order chi connectivity index (χ1) is 9.79. The van der Waals surface area contributed by atoms with E-state index < -0.39 is 0 Å². The van der Waals surface area contributed by atoms with E-state index in [1.165, 1.54) is 0 Å². The molecular formula is C16H26ClNO2. The Morgan fingerprint density at radius 2 is 2.00 bits per heavy atom. The molecule has 4 heteroatoms. The molecule has 0 unspecified atom stereocenters. The fraction of sp³-hybridized carbons (Fsp3) is 0.625. The maximum atomic E-state index is 8.72. The van der Waals surface area contributed by atoms with Crippen LogP contribution in [-0.2, 0) is 6.54 Å². The predicted octanol–water partition coefficient (Wildman–Crippen LogP) is 3.77. The Labute approximate surface area is 127 Å². The number of nitrogens with one attached hydrogen (secondary N) is 1. The minimum Gasteiger partial charge on any atom is -0.492 e. The van der Waals surface area contributed by atoms with E-state index in [2.05, 4.69) is 18.3 Å². The van der Waals surface area contributed by atoms with Crippen LogP contribution in [-0.4, -0.2) is 24.9 Å². The fourth-order valence-corrected chi connectivity index (χ4v) is 2.24. The van der Waals surface area contributed by atoms with Gasteiger partial charge in [-0.1, -0.05) is 37.1 Å². The molecule has 114 valence electrons. The Bertz CT molecular complexity index is 371. The lowest BCUT2D eigenvalue weighted by Gasteiger charge is -2.13. The molecule has 3 nitrogen and oxygen atoms in total. The van der Waals surface area contributed by atoms with Crippen LogP contribution in [0.3, 0.4) is 0 Å². The van der Waals surface area contributed by atoms with Gasteiger partial charge < -0.3 is 15.2 Å². The molecule has 1 aromatic carbocycles. The van der Waals surface area contributed by atoms with Gasteiger partial charge in [-0.05, 0) is 38.3 Å². The van der Waals surface area contributed by atoms with E-state index in [-0.39, 0.29) is 6.61 Å². The summed E-state index contributed by atoms with van der Waals surface area (Å²) >= 11 is 6.22. The van der Waals surface area contributed by atoms with Crippen LogP contribution in [0.2, 0.25) is 5.02 Å². The van der Waals surface area contributed by atoms with Crippen molar-refractivity contribution in [2.45, 2.75) is 45.6 Å². The number of aliphatic hydroxyl groups excluding tert-OH is 1. The van der Waals surface area contributed by atoms with Crippen molar-refractivity contribution < 1.29 is 9.84 Å². The van der Waals surface area contributed by atoms with Gasteiger partial charge in [-0.3, -0.25) is 0 Å². The average molecular weight is 300 g/mol. The minimum absolute atomic E-state index is 0.276. The van der Waals surface area contributed by atoms with Crippen LogP contribution in [0, 0.1) is 0 Å². The molecule has 0 saturated carbocycles. The normalized spacial score (nSPS) is 10.8. The number of para-hydroxylation sites is 1. The molecule has 0 amide bonds. The van der Waals surface area contributed by atoms with E-state index in [9.17, 15) is 0 Å². The van der Waals surface area contributed by atoms with E-state index in [1.807, 2.05) is 12.1 Å². The van der Waals surface area contributed by atoms with Gasteiger partial charge in [0.15, 0.2) is 0 Å². The zero-order valence-corrected chi connectivity index (χ0v) is 13.1. The molecule has 0 bridgehead atoms. The van der Waals surface area contributed by atoms with Gasteiger partial charge in [0.25, 0.3) is 0 Å². The van der Waals surface area contributed by atoms with Crippen molar-refractivity contribution in [1.82, 2.24) is 5.32 Å². The van der Waals surface area contributed by atoms with Crippen molar-refractivity contribution in [2.24, 2.45) is 0 Å². The van der Waals surface area contributed by atoms with Crippen molar-refractivity contribution >= 4 is 11.6 Å². The number of aliphatic hydroxyl groups is 1. The van der Waals surface area contributed by atoms with E-state index >= 15 is 0 Å². The summed E-state index contributed by atoms with van der Waals surface area (Å²) in [7, 11) is 0. The summed E-state index contributed by atoms with van der Waals surface area (Å²) in [5.74, 6) is 0.805. The van der Waals surface area contributed by atoms with Gasteiger partial charge in [0.2, 0.25) is 0 Å². The summed E-state index contributed by atoms with van der Waals surface area (Å²) in [5.41, 5.74) is 1.11. The van der Waals surface area contributed by atoms with E-state index in [4.69, 9.17) is 21.4 Å². The summed E-state index contributed by atoms with van der Waals surface area (Å²) in [6, 6.07) is 5.88. The lowest BCUT2D eigenvalue weighted by Crippen LogP contribution is -2.15. The highest BCUT2D eigenvalue weighted by molar-refractivity contribution is 6.32. The number of halogens is 1. The first-order valence-corrected chi connectivity index (χ1v) is 7.89. The molecule has 0 atom stereocenters. The first kappa shape index (κ1) is 17.3. The molecule has 0 saturated heterocycles. The van der Waals surface area contributed by atoms with E-state index in [1.54, 1.807) is 0 Å². The van der Waals surface area contributed by atoms with E-state index in [0.29, 0.717) is 11.6 Å². The third-order valence-corrected chi connectivity index (χ3v) is 3.39. The summed E-state index contributed by atoms with van der Waals surface area (Å²) in [6.07, 6.45) is 5.11. The molecule has 0 spiro atoms. The molecule has 1 rings (SSSR count). The Morgan fingerprint density at radius 3 is 2.75 bits per heavy atom. The number of hydrogen-bond donors (Lipinski definition) is 2. The van der Waals surface area contributed by atoms with Gasteiger partial charge in [0, 0.05) is 18.7 Å². The molecule has 0 aliphatic carbocycles. The molecule has 0 aliphatic heterocycles. The number of rotatable bonds is 11. The highest BCUT2D eigenvalue weighted by Gasteiger charge is 2.07. The molecule has 20 heavy (non-hydrogen) atoms. The second-order valence-corrected chi connectivity index (χ2v) is 5.30. The summed E-state index contributed by atoms with van der Waals surface area (Å²) in [5, 5.41) is 12.8. The number of unbranched alkanes of at least 4 members (excludes halogenated alkanes) is 3. The molecule has 1 aromatic rings. The SMILES string of the molecule is CCCNCc1cccc(Cl)c1OCCCCCCO. The highest BCUT2D eigenvalue weighted by atomic mass is 35.5. The van der Waals surface area contributed by atoms with Gasteiger partial charge in [-0.25, -0.2) is 0 Å². The number of benzene rings is 1. The van der Waals surface area contributed by atoms with Crippen LogP contribution in [0.25, 0.3) is 0 Å². The lowest BCUT2D eigenvalue weighted by atomic mass is 10.2. The molecular weight excluding hydrogens is 274 g/mol. The summed E-state index contributed by atoms with van der Waals surface area (Å²) < 4.78 is 5.84. The van der Waals surface area contributed by atoms with Gasteiger partial charge >= 0.3 is 0 Å².